The maximum atomic E-state index is 12.9. The van der Waals surface area contributed by atoms with Gasteiger partial charge in [0, 0.05) is 6.20 Å². The number of H-pyrrole nitrogens is 1. The number of benzene rings is 1. The highest BCUT2D eigenvalue weighted by Crippen LogP contribution is 2.30. The smallest absolute Gasteiger partial charge is 0.417 e. The average Bonchev–Trinajstić information content (AvgIpc) is 3.02. The first kappa shape index (κ1) is 18.5. The molecule has 0 saturated heterocycles. The summed E-state index contributed by atoms with van der Waals surface area (Å²) in [7, 11) is 0. The minimum Gasteiger partial charge on any atom is -0.509 e. The number of aromatic nitrogens is 3. The van der Waals surface area contributed by atoms with Crippen LogP contribution in [0.5, 0.6) is 0 Å². The van der Waals surface area contributed by atoms with Gasteiger partial charge < -0.3 is 14.7 Å². The third-order valence-corrected chi connectivity index (χ3v) is 3.99. The number of hydrogen-bond acceptors (Lipinski definition) is 4. The molecule has 0 amide bonds. The predicted octanol–water partition coefficient (Wildman–Crippen LogP) is 3.89. The van der Waals surface area contributed by atoms with Crippen molar-refractivity contribution >= 4 is 28.2 Å². The van der Waals surface area contributed by atoms with Gasteiger partial charge in [0.15, 0.2) is 5.82 Å². The van der Waals surface area contributed by atoms with Gasteiger partial charge in [-0.1, -0.05) is 23.7 Å². The molecule has 10 heteroatoms. The molecular weight excluding hydrogens is 385 g/mol. The molecule has 2 N–H and O–H groups in total. The van der Waals surface area contributed by atoms with Gasteiger partial charge in [-0.2, -0.15) is 18.4 Å². The maximum absolute atomic E-state index is 12.9. The number of rotatable bonds is 3. The van der Waals surface area contributed by atoms with Gasteiger partial charge in [-0.15, -0.1) is 0 Å². The molecule has 0 aliphatic rings. The van der Waals surface area contributed by atoms with E-state index in [1.165, 1.54) is 0 Å². The van der Waals surface area contributed by atoms with E-state index in [-0.39, 0.29) is 11.4 Å². The number of alkyl halides is 3. The number of pyridine rings is 1. The summed E-state index contributed by atoms with van der Waals surface area (Å²) in [5.41, 5.74) is -1.24. The van der Waals surface area contributed by atoms with Gasteiger partial charge in [-0.05, 0) is 18.2 Å². The van der Waals surface area contributed by atoms with Crippen LogP contribution in [-0.4, -0.2) is 19.6 Å². The Morgan fingerprint density at radius 1 is 1.37 bits per heavy atom. The number of aromatic amines is 1. The van der Waals surface area contributed by atoms with Crippen LogP contribution in [0.25, 0.3) is 16.6 Å². The van der Waals surface area contributed by atoms with Gasteiger partial charge in [0.25, 0.3) is 5.56 Å². The Morgan fingerprint density at radius 2 is 2.07 bits per heavy atom. The monoisotopic (exact) mass is 394 g/mol. The summed E-state index contributed by atoms with van der Waals surface area (Å²) in [6.45, 7) is -0.678. The molecule has 138 valence electrons. The molecule has 0 saturated carbocycles. The Balaban J connectivity index is 2.06. The summed E-state index contributed by atoms with van der Waals surface area (Å²) in [6, 6.07) is 9.10. The van der Waals surface area contributed by atoms with Crippen molar-refractivity contribution in [2.75, 3.05) is 0 Å². The molecule has 6 nitrogen and oxygen atoms in total. The molecule has 27 heavy (non-hydrogen) atoms. The first-order valence-electron chi connectivity index (χ1n) is 7.45. The molecule has 0 aliphatic heterocycles. The van der Waals surface area contributed by atoms with Crippen LogP contribution < -0.4 is 5.56 Å². The standard InChI is InChI=1S/C17H10ClF3N4O2/c18-11-5-9(17(19,20)21)7-25(16(11)27)8-14(26)10(6-22)15-23-12-3-1-2-4-13(12)24-15/h1-5,7,26H,8H2,(H,23,24)/b14-10-. The Hall–Kier alpha value is -3.25. The minimum absolute atomic E-state index is 0.0299. The van der Waals surface area contributed by atoms with E-state index in [9.17, 15) is 28.3 Å². The van der Waals surface area contributed by atoms with Crippen LogP contribution in [0.4, 0.5) is 13.2 Å². The van der Waals surface area contributed by atoms with Crippen molar-refractivity contribution in [3.63, 3.8) is 0 Å². The summed E-state index contributed by atoms with van der Waals surface area (Å²) in [6.07, 6.45) is -4.20. The second-order valence-corrected chi connectivity index (χ2v) is 5.95. The van der Waals surface area contributed by atoms with Crippen LogP contribution in [0.15, 0.2) is 47.1 Å². The zero-order valence-electron chi connectivity index (χ0n) is 13.4. The maximum Gasteiger partial charge on any atom is 0.417 e. The number of para-hydroxylation sites is 2. The molecule has 0 spiro atoms. The number of allylic oxidation sites excluding steroid dienone is 2. The van der Waals surface area contributed by atoms with E-state index >= 15 is 0 Å². The van der Waals surface area contributed by atoms with Crippen molar-refractivity contribution in [2.45, 2.75) is 12.7 Å². The Kier molecular flexibility index (Phi) is 4.68. The lowest BCUT2D eigenvalue weighted by Crippen LogP contribution is -2.24. The lowest BCUT2D eigenvalue weighted by molar-refractivity contribution is -0.138. The molecule has 0 bridgehead atoms. The summed E-state index contributed by atoms with van der Waals surface area (Å²) in [5.74, 6) is -0.601. The highest BCUT2D eigenvalue weighted by Gasteiger charge is 2.32. The predicted molar refractivity (Wildman–Crippen MR) is 92.0 cm³/mol. The zero-order valence-corrected chi connectivity index (χ0v) is 14.1. The normalized spacial score (nSPS) is 12.7. The van der Waals surface area contributed by atoms with E-state index in [4.69, 9.17) is 11.6 Å². The molecule has 3 aromatic rings. The first-order chi connectivity index (χ1) is 12.7. The van der Waals surface area contributed by atoms with Crippen molar-refractivity contribution < 1.29 is 18.3 Å². The van der Waals surface area contributed by atoms with Crippen molar-refractivity contribution in [1.29, 1.82) is 5.26 Å². The number of imidazole rings is 1. The van der Waals surface area contributed by atoms with Gasteiger partial charge in [-0.25, -0.2) is 4.98 Å². The van der Waals surface area contributed by atoms with Crippen LogP contribution in [0.2, 0.25) is 5.02 Å². The lowest BCUT2D eigenvalue weighted by Gasteiger charge is -2.12. The number of nitriles is 1. The second-order valence-electron chi connectivity index (χ2n) is 5.54. The molecule has 0 unspecified atom stereocenters. The number of halogens is 4. The fourth-order valence-corrected chi connectivity index (χ4v) is 2.66. The zero-order chi connectivity index (χ0) is 19.8. The van der Waals surface area contributed by atoms with Crippen LogP contribution in [0.1, 0.15) is 11.4 Å². The van der Waals surface area contributed by atoms with E-state index in [2.05, 4.69) is 9.97 Å². The molecule has 1 aromatic carbocycles. The molecule has 0 atom stereocenters. The largest absolute Gasteiger partial charge is 0.509 e. The first-order valence-corrected chi connectivity index (χ1v) is 7.83. The summed E-state index contributed by atoms with van der Waals surface area (Å²) < 4.78 is 39.3. The molecule has 0 radical (unpaired) electrons. The van der Waals surface area contributed by atoms with Gasteiger partial charge in [0.2, 0.25) is 0 Å². The number of fused-ring (bicyclic) bond motifs is 1. The summed E-state index contributed by atoms with van der Waals surface area (Å²) in [4.78, 5) is 19.0. The third-order valence-electron chi connectivity index (χ3n) is 3.72. The molecule has 2 heterocycles. The number of hydrogen-bond donors (Lipinski definition) is 2. The number of nitrogens with one attached hydrogen (secondary N) is 1. The fourth-order valence-electron chi connectivity index (χ4n) is 2.44. The number of aliphatic hydroxyl groups excluding tert-OH is 1. The van der Waals surface area contributed by atoms with Crippen LogP contribution >= 0.6 is 11.6 Å². The van der Waals surface area contributed by atoms with Gasteiger partial charge in [0.05, 0.1) is 23.1 Å². The van der Waals surface area contributed by atoms with Crippen molar-refractivity contribution in [3.05, 3.63) is 69.1 Å². The van der Waals surface area contributed by atoms with E-state index in [0.29, 0.717) is 27.9 Å². The Labute approximate surface area is 154 Å². The molecular formula is C17H10ClF3N4O2. The Bertz CT molecular complexity index is 1120. The molecule has 2 aromatic heterocycles. The van der Waals surface area contributed by atoms with Gasteiger partial charge in [-0.3, -0.25) is 4.79 Å². The average molecular weight is 395 g/mol. The van der Waals surface area contributed by atoms with Crippen LogP contribution in [0, 0.1) is 11.3 Å². The lowest BCUT2D eigenvalue weighted by atomic mass is 10.2. The third kappa shape index (κ3) is 3.66. The van der Waals surface area contributed by atoms with Crippen molar-refractivity contribution in [1.82, 2.24) is 14.5 Å². The molecule has 0 fully saturated rings. The topological polar surface area (TPSA) is 94.7 Å². The van der Waals surface area contributed by atoms with E-state index in [0.717, 1.165) is 0 Å². The quantitative estimate of drug-likeness (QED) is 0.520. The van der Waals surface area contributed by atoms with Crippen molar-refractivity contribution in [3.8, 4) is 6.07 Å². The highest BCUT2D eigenvalue weighted by molar-refractivity contribution is 6.30. The number of nitrogens with zero attached hydrogens (tertiary/aromatic N) is 3. The van der Waals surface area contributed by atoms with Crippen molar-refractivity contribution in [2.24, 2.45) is 0 Å². The van der Waals surface area contributed by atoms with Gasteiger partial charge >= 0.3 is 6.18 Å². The SMILES string of the molecule is N#C/C(=C(/O)Cn1cc(C(F)(F)F)cc(Cl)c1=O)c1nc2ccccc2[nH]1. The summed E-state index contributed by atoms with van der Waals surface area (Å²) >= 11 is 5.58. The fraction of sp³-hybridized carbons (Fsp3) is 0.118. The van der Waals surface area contributed by atoms with Crippen LogP contribution in [0.3, 0.4) is 0 Å². The summed E-state index contributed by atoms with van der Waals surface area (Å²) in [5, 5.41) is 18.9. The highest BCUT2D eigenvalue weighted by atomic mass is 35.5. The van der Waals surface area contributed by atoms with E-state index in [1.54, 1.807) is 30.3 Å². The molecule has 0 aliphatic carbocycles. The van der Waals surface area contributed by atoms with Crippen LogP contribution in [-0.2, 0) is 12.7 Å². The molecule has 3 rings (SSSR count). The second kappa shape index (κ2) is 6.81. The number of aliphatic hydroxyl groups is 1. The Morgan fingerprint density at radius 3 is 2.70 bits per heavy atom. The van der Waals surface area contributed by atoms with E-state index < -0.39 is 34.6 Å². The van der Waals surface area contributed by atoms with Gasteiger partial charge in [0.1, 0.15) is 22.4 Å². The van der Waals surface area contributed by atoms with E-state index in [1.807, 2.05) is 0 Å². The minimum atomic E-state index is -4.73.